The maximum Gasteiger partial charge on any atom is 0.339 e. The van der Waals surface area contributed by atoms with Gasteiger partial charge >= 0.3 is 5.97 Å². The lowest BCUT2D eigenvalue weighted by atomic mass is 10.2. The summed E-state index contributed by atoms with van der Waals surface area (Å²) in [5.74, 6) is -0.528. The topological polar surface area (TPSA) is 55.4 Å². The van der Waals surface area contributed by atoms with Gasteiger partial charge in [-0.05, 0) is 28.1 Å². The summed E-state index contributed by atoms with van der Waals surface area (Å²) in [6.45, 7) is 0.390. The van der Waals surface area contributed by atoms with Gasteiger partial charge in [-0.25, -0.2) is 4.79 Å². The Morgan fingerprint density at radius 3 is 2.89 bits per heavy atom. The third-order valence-corrected chi connectivity index (χ3v) is 3.66. The van der Waals surface area contributed by atoms with Gasteiger partial charge in [-0.3, -0.25) is 0 Å². The van der Waals surface area contributed by atoms with Crippen LogP contribution in [-0.2, 0) is 6.54 Å². The Kier molecular flexibility index (Phi) is 2.91. The van der Waals surface area contributed by atoms with Gasteiger partial charge in [0.2, 0.25) is 0 Å². The highest BCUT2D eigenvalue weighted by Gasteiger charge is 2.15. The molecule has 0 bridgehead atoms. The number of furan rings is 1. The number of aromatic nitrogens is 1. The summed E-state index contributed by atoms with van der Waals surface area (Å²) in [6, 6.07) is 9.39. The van der Waals surface area contributed by atoms with Crippen LogP contribution in [0, 0.1) is 0 Å². The molecule has 19 heavy (non-hydrogen) atoms. The van der Waals surface area contributed by atoms with Crippen molar-refractivity contribution >= 4 is 32.8 Å². The number of nitrogens with zero attached hydrogens (tertiary/aromatic N) is 1. The van der Waals surface area contributed by atoms with Crippen molar-refractivity contribution in [1.29, 1.82) is 0 Å². The molecule has 0 saturated heterocycles. The molecule has 1 N–H and O–H groups in total. The largest absolute Gasteiger partial charge is 0.478 e. The molecule has 0 fully saturated rings. The summed E-state index contributed by atoms with van der Waals surface area (Å²) in [6.07, 6.45) is 3.33. The van der Waals surface area contributed by atoms with Gasteiger partial charge in [0, 0.05) is 21.6 Å². The SMILES string of the molecule is O=C(O)c1ccoc1Cn1cc(Br)c2ccccc21. The molecular weight excluding hydrogens is 310 g/mol. The first-order valence-corrected chi connectivity index (χ1v) is 6.49. The highest BCUT2D eigenvalue weighted by molar-refractivity contribution is 9.10. The van der Waals surface area contributed by atoms with Gasteiger partial charge in [-0.1, -0.05) is 18.2 Å². The van der Waals surface area contributed by atoms with Gasteiger partial charge in [-0.2, -0.15) is 0 Å². The Morgan fingerprint density at radius 1 is 1.32 bits per heavy atom. The fourth-order valence-electron chi connectivity index (χ4n) is 2.14. The summed E-state index contributed by atoms with van der Waals surface area (Å²) in [5.41, 5.74) is 1.23. The zero-order valence-electron chi connectivity index (χ0n) is 9.84. The first-order chi connectivity index (χ1) is 9.16. The van der Waals surface area contributed by atoms with Crippen molar-refractivity contribution in [1.82, 2.24) is 4.57 Å². The van der Waals surface area contributed by atoms with Crippen molar-refractivity contribution in [2.75, 3.05) is 0 Å². The first kappa shape index (κ1) is 12.0. The lowest BCUT2D eigenvalue weighted by Crippen LogP contribution is -2.03. The normalized spacial score (nSPS) is 11.0. The Morgan fingerprint density at radius 2 is 2.11 bits per heavy atom. The Balaban J connectivity index is 2.06. The lowest BCUT2D eigenvalue weighted by molar-refractivity contribution is 0.0694. The third kappa shape index (κ3) is 2.06. The van der Waals surface area contributed by atoms with E-state index in [9.17, 15) is 4.79 Å². The van der Waals surface area contributed by atoms with Gasteiger partial charge in [0.25, 0.3) is 0 Å². The second-order valence-electron chi connectivity index (χ2n) is 4.18. The first-order valence-electron chi connectivity index (χ1n) is 5.70. The van der Waals surface area contributed by atoms with Gasteiger partial charge in [0.15, 0.2) is 0 Å². The molecule has 0 aliphatic heterocycles. The molecule has 0 saturated carbocycles. The molecule has 0 atom stereocenters. The fraction of sp³-hybridized carbons (Fsp3) is 0.0714. The Labute approximate surface area is 117 Å². The van der Waals surface area contributed by atoms with Crippen LogP contribution in [0.25, 0.3) is 10.9 Å². The van der Waals surface area contributed by atoms with Crippen LogP contribution in [0.5, 0.6) is 0 Å². The van der Waals surface area contributed by atoms with Crippen LogP contribution in [0.4, 0.5) is 0 Å². The Hall–Kier alpha value is -2.01. The number of carboxylic acids is 1. The molecular formula is C14H10BrNO3. The van der Waals surface area contributed by atoms with Crippen molar-refractivity contribution in [3.8, 4) is 0 Å². The number of halogens is 1. The molecule has 4 nitrogen and oxygen atoms in total. The average Bonchev–Trinajstić information content (AvgIpc) is 2.97. The minimum Gasteiger partial charge on any atom is -0.478 e. The van der Waals surface area contributed by atoms with E-state index in [4.69, 9.17) is 9.52 Å². The molecule has 0 aliphatic carbocycles. The number of rotatable bonds is 3. The second kappa shape index (κ2) is 4.59. The molecule has 5 heteroatoms. The van der Waals surface area contributed by atoms with Crippen LogP contribution in [0.2, 0.25) is 0 Å². The molecule has 0 radical (unpaired) electrons. The van der Waals surface area contributed by atoms with Gasteiger partial charge in [0.1, 0.15) is 11.3 Å². The summed E-state index contributed by atoms with van der Waals surface area (Å²) >= 11 is 3.50. The molecule has 0 unspecified atom stereocenters. The summed E-state index contributed by atoms with van der Waals surface area (Å²) in [7, 11) is 0. The molecule has 3 aromatic rings. The van der Waals surface area contributed by atoms with Gasteiger partial charge in [-0.15, -0.1) is 0 Å². The van der Waals surface area contributed by atoms with Crippen LogP contribution < -0.4 is 0 Å². The summed E-state index contributed by atoms with van der Waals surface area (Å²) in [4.78, 5) is 11.1. The number of para-hydroxylation sites is 1. The lowest BCUT2D eigenvalue weighted by Gasteiger charge is -2.03. The van der Waals surface area contributed by atoms with E-state index in [1.165, 1.54) is 12.3 Å². The number of benzene rings is 1. The third-order valence-electron chi connectivity index (χ3n) is 3.03. The van der Waals surface area contributed by atoms with Crippen LogP contribution in [0.3, 0.4) is 0 Å². The molecule has 1 aromatic carbocycles. The molecule has 2 heterocycles. The predicted octanol–water partition coefficient (Wildman–Crippen LogP) is 3.74. The minimum absolute atomic E-state index is 0.203. The average molecular weight is 320 g/mol. The molecule has 3 rings (SSSR count). The highest BCUT2D eigenvalue weighted by Crippen LogP contribution is 2.27. The summed E-state index contributed by atoms with van der Waals surface area (Å²) in [5, 5.41) is 10.2. The maximum absolute atomic E-state index is 11.1. The maximum atomic E-state index is 11.1. The van der Waals surface area contributed by atoms with Crippen LogP contribution in [0.15, 0.2) is 51.7 Å². The number of aromatic carboxylic acids is 1. The molecule has 2 aromatic heterocycles. The van der Waals surface area contributed by atoms with Crippen LogP contribution >= 0.6 is 15.9 Å². The number of fused-ring (bicyclic) bond motifs is 1. The van der Waals surface area contributed by atoms with Gasteiger partial charge < -0.3 is 14.1 Å². The van der Waals surface area contributed by atoms with Crippen molar-refractivity contribution in [2.45, 2.75) is 6.54 Å². The monoisotopic (exact) mass is 319 g/mol. The van der Waals surface area contributed by atoms with E-state index in [0.717, 1.165) is 15.4 Å². The zero-order valence-corrected chi connectivity index (χ0v) is 11.4. The van der Waals surface area contributed by atoms with E-state index < -0.39 is 5.97 Å². The second-order valence-corrected chi connectivity index (χ2v) is 5.04. The molecule has 0 spiro atoms. The molecule has 0 aliphatic rings. The molecule has 96 valence electrons. The van der Waals surface area contributed by atoms with Crippen molar-refractivity contribution in [3.63, 3.8) is 0 Å². The standard InChI is InChI=1S/C14H10BrNO3/c15-11-7-16(12-4-2-1-3-9(11)12)8-13-10(14(17)18)5-6-19-13/h1-7H,8H2,(H,17,18). The highest BCUT2D eigenvalue weighted by atomic mass is 79.9. The number of hydrogen-bond acceptors (Lipinski definition) is 2. The van der Waals surface area contributed by atoms with E-state index in [1.54, 1.807) is 0 Å². The molecule has 0 amide bonds. The van der Waals surface area contributed by atoms with E-state index in [1.807, 2.05) is 35.0 Å². The van der Waals surface area contributed by atoms with Crippen LogP contribution in [-0.4, -0.2) is 15.6 Å². The van der Waals surface area contributed by atoms with Crippen molar-refractivity contribution < 1.29 is 14.3 Å². The van der Waals surface area contributed by atoms with Crippen LogP contribution in [0.1, 0.15) is 16.1 Å². The fourth-order valence-corrected chi connectivity index (χ4v) is 2.72. The smallest absolute Gasteiger partial charge is 0.339 e. The van der Waals surface area contributed by atoms with Crippen molar-refractivity contribution in [2.24, 2.45) is 0 Å². The van der Waals surface area contributed by atoms with E-state index >= 15 is 0 Å². The van der Waals surface area contributed by atoms with Gasteiger partial charge in [0.05, 0.1) is 12.8 Å². The quantitative estimate of drug-likeness (QED) is 0.800. The predicted molar refractivity (Wildman–Crippen MR) is 74.4 cm³/mol. The number of carboxylic acid groups (broad SMARTS) is 1. The van der Waals surface area contributed by atoms with E-state index in [0.29, 0.717) is 12.3 Å². The Bertz CT molecular complexity index is 757. The summed E-state index contributed by atoms with van der Waals surface area (Å²) < 4.78 is 8.21. The zero-order chi connectivity index (χ0) is 13.4. The number of hydrogen-bond donors (Lipinski definition) is 1. The van der Waals surface area contributed by atoms with E-state index in [-0.39, 0.29) is 5.56 Å². The van der Waals surface area contributed by atoms with E-state index in [2.05, 4.69) is 15.9 Å². The number of carbonyl (C=O) groups is 1. The van der Waals surface area contributed by atoms with Crippen molar-refractivity contribution in [3.05, 3.63) is 58.6 Å². The minimum atomic E-state index is -0.973.